The van der Waals surface area contributed by atoms with E-state index in [0.29, 0.717) is 34.8 Å². The molecule has 0 N–H and O–H groups in total. The van der Waals surface area contributed by atoms with Crippen molar-refractivity contribution in [1.29, 1.82) is 0 Å². The Morgan fingerprint density at radius 1 is 1.07 bits per heavy atom. The molecule has 6 nitrogen and oxygen atoms in total. The van der Waals surface area contributed by atoms with Gasteiger partial charge in [0.15, 0.2) is 12.4 Å². The maximum Gasteiger partial charge on any atom is 0.344 e. The minimum Gasteiger partial charge on any atom is -0.474 e. The van der Waals surface area contributed by atoms with Gasteiger partial charge >= 0.3 is 5.97 Å². The van der Waals surface area contributed by atoms with Gasteiger partial charge in [0.2, 0.25) is 11.2 Å². The molecule has 0 radical (unpaired) electrons. The zero-order chi connectivity index (χ0) is 21.5. The molecule has 0 unspecified atom stereocenters. The molecular weight excluding hydrogens is 408 g/mol. The van der Waals surface area contributed by atoms with Crippen molar-refractivity contribution < 1.29 is 23.4 Å². The van der Waals surface area contributed by atoms with E-state index in [1.54, 1.807) is 36.4 Å². The molecule has 0 fully saturated rings. The summed E-state index contributed by atoms with van der Waals surface area (Å²) in [5.74, 6) is -0.408. The van der Waals surface area contributed by atoms with Gasteiger partial charge in [0.05, 0.1) is 12.0 Å². The number of esters is 1. The van der Waals surface area contributed by atoms with Crippen molar-refractivity contribution >= 4 is 28.5 Å². The molecule has 1 heterocycles. The SMILES string of the molecule is CCOCCOC(=O)COc1c(-c2ccc(Cl)cc2)oc2ccc(CC)cc2c1=O. The molecule has 0 amide bonds. The van der Waals surface area contributed by atoms with Gasteiger partial charge in [0.1, 0.15) is 12.2 Å². The third kappa shape index (κ3) is 5.20. The average molecular weight is 431 g/mol. The van der Waals surface area contributed by atoms with Crippen LogP contribution in [0, 0.1) is 0 Å². The lowest BCUT2D eigenvalue weighted by Crippen LogP contribution is -2.20. The van der Waals surface area contributed by atoms with Crippen LogP contribution >= 0.6 is 11.6 Å². The summed E-state index contributed by atoms with van der Waals surface area (Å²) in [5, 5.41) is 0.946. The fraction of sp³-hybridized carbons (Fsp3) is 0.304. The van der Waals surface area contributed by atoms with Crippen LogP contribution in [0.4, 0.5) is 0 Å². The van der Waals surface area contributed by atoms with Crippen molar-refractivity contribution in [3.05, 3.63) is 63.3 Å². The van der Waals surface area contributed by atoms with Gasteiger partial charge in [-0.2, -0.15) is 0 Å². The van der Waals surface area contributed by atoms with Gasteiger partial charge in [-0.15, -0.1) is 0 Å². The van der Waals surface area contributed by atoms with E-state index in [0.717, 1.165) is 12.0 Å². The zero-order valence-electron chi connectivity index (χ0n) is 16.9. The highest BCUT2D eigenvalue weighted by Crippen LogP contribution is 2.32. The molecule has 1 aromatic heterocycles. The van der Waals surface area contributed by atoms with Crippen molar-refractivity contribution in [1.82, 2.24) is 0 Å². The first-order valence-corrected chi connectivity index (χ1v) is 10.1. The number of aryl methyl sites for hydroxylation is 1. The predicted molar refractivity (Wildman–Crippen MR) is 115 cm³/mol. The zero-order valence-corrected chi connectivity index (χ0v) is 17.7. The number of carbonyl (C=O) groups excluding carboxylic acids is 1. The number of fused-ring (bicyclic) bond motifs is 1. The van der Waals surface area contributed by atoms with E-state index in [9.17, 15) is 9.59 Å². The van der Waals surface area contributed by atoms with Crippen LogP contribution in [0.1, 0.15) is 19.4 Å². The number of carbonyl (C=O) groups is 1. The molecular formula is C23H23ClO6. The lowest BCUT2D eigenvalue weighted by atomic mass is 10.1. The Morgan fingerprint density at radius 3 is 2.53 bits per heavy atom. The van der Waals surface area contributed by atoms with Crippen LogP contribution in [-0.4, -0.2) is 32.4 Å². The van der Waals surface area contributed by atoms with Crippen LogP contribution in [-0.2, 0) is 20.7 Å². The highest BCUT2D eigenvalue weighted by Gasteiger charge is 2.19. The molecule has 0 aliphatic carbocycles. The summed E-state index contributed by atoms with van der Waals surface area (Å²) in [4.78, 5) is 25.2. The van der Waals surface area contributed by atoms with E-state index in [4.69, 9.17) is 30.2 Å². The third-order valence-corrected chi connectivity index (χ3v) is 4.71. The Labute approximate surface area is 179 Å². The number of benzene rings is 2. The smallest absolute Gasteiger partial charge is 0.344 e. The fourth-order valence-corrected chi connectivity index (χ4v) is 3.03. The predicted octanol–water partition coefficient (Wildman–Crippen LogP) is 4.63. The molecule has 3 rings (SSSR count). The Hall–Kier alpha value is -2.83. The van der Waals surface area contributed by atoms with Gasteiger partial charge < -0.3 is 18.6 Å². The summed E-state index contributed by atoms with van der Waals surface area (Å²) in [6.45, 7) is 4.39. The minimum atomic E-state index is -0.599. The van der Waals surface area contributed by atoms with Crippen molar-refractivity contribution in [2.45, 2.75) is 20.3 Å². The molecule has 0 spiro atoms. The Bertz CT molecular complexity index is 1070. The van der Waals surface area contributed by atoms with E-state index >= 15 is 0 Å². The molecule has 0 saturated carbocycles. The molecule has 2 aromatic carbocycles. The van der Waals surface area contributed by atoms with E-state index in [2.05, 4.69) is 0 Å². The standard InChI is InChI=1S/C23H23ClO6/c1-3-15-5-10-19-18(13-15)21(26)23(29-14-20(25)28-12-11-27-4-2)22(30-19)16-6-8-17(24)9-7-16/h5-10,13H,3-4,11-12,14H2,1-2H3. The van der Waals surface area contributed by atoms with Gasteiger partial charge in [-0.3, -0.25) is 4.79 Å². The van der Waals surface area contributed by atoms with E-state index < -0.39 is 12.6 Å². The lowest BCUT2D eigenvalue weighted by molar-refractivity contribution is -0.147. The van der Waals surface area contributed by atoms with E-state index in [-0.39, 0.29) is 23.5 Å². The van der Waals surface area contributed by atoms with Gasteiger partial charge in [-0.25, -0.2) is 4.79 Å². The van der Waals surface area contributed by atoms with Crippen LogP contribution in [0.15, 0.2) is 51.7 Å². The highest BCUT2D eigenvalue weighted by atomic mass is 35.5. The lowest BCUT2D eigenvalue weighted by Gasteiger charge is -2.12. The molecule has 158 valence electrons. The van der Waals surface area contributed by atoms with Gasteiger partial charge in [-0.1, -0.05) is 24.6 Å². The monoisotopic (exact) mass is 430 g/mol. The average Bonchev–Trinajstić information content (AvgIpc) is 2.76. The quantitative estimate of drug-likeness (QED) is 0.364. The second-order valence-electron chi connectivity index (χ2n) is 6.49. The van der Waals surface area contributed by atoms with Crippen molar-refractivity contribution in [3.8, 4) is 17.1 Å². The fourth-order valence-electron chi connectivity index (χ4n) is 2.90. The number of ether oxygens (including phenoxy) is 3. The Kier molecular flexibility index (Phi) is 7.49. The van der Waals surface area contributed by atoms with Crippen LogP contribution in [0.2, 0.25) is 5.02 Å². The van der Waals surface area contributed by atoms with Crippen molar-refractivity contribution in [3.63, 3.8) is 0 Å². The van der Waals surface area contributed by atoms with Crippen molar-refractivity contribution in [2.24, 2.45) is 0 Å². The summed E-state index contributed by atoms with van der Waals surface area (Å²) in [7, 11) is 0. The molecule has 0 aliphatic rings. The molecule has 0 bridgehead atoms. The number of rotatable bonds is 9. The minimum absolute atomic E-state index is 0.0418. The molecule has 0 saturated heterocycles. The number of halogens is 1. The van der Waals surface area contributed by atoms with E-state index in [1.807, 2.05) is 19.9 Å². The molecule has 0 aliphatic heterocycles. The van der Waals surface area contributed by atoms with E-state index in [1.165, 1.54) is 0 Å². The normalized spacial score (nSPS) is 10.9. The van der Waals surface area contributed by atoms with Gasteiger partial charge in [0, 0.05) is 17.2 Å². The Morgan fingerprint density at radius 2 is 1.83 bits per heavy atom. The third-order valence-electron chi connectivity index (χ3n) is 4.46. The van der Waals surface area contributed by atoms with Crippen LogP contribution in [0.5, 0.6) is 5.75 Å². The van der Waals surface area contributed by atoms with Crippen LogP contribution in [0.3, 0.4) is 0 Å². The molecule has 30 heavy (non-hydrogen) atoms. The Balaban J connectivity index is 1.95. The second-order valence-corrected chi connectivity index (χ2v) is 6.92. The number of hydrogen-bond donors (Lipinski definition) is 0. The summed E-state index contributed by atoms with van der Waals surface area (Å²) in [6, 6.07) is 12.3. The summed E-state index contributed by atoms with van der Waals surface area (Å²) in [6.07, 6.45) is 0.774. The van der Waals surface area contributed by atoms with Crippen LogP contribution in [0.25, 0.3) is 22.3 Å². The maximum absolute atomic E-state index is 13.2. The first-order chi connectivity index (χ1) is 14.5. The molecule has 0 atom stereocenters. The highest BCUT2D eigenvalue weighted by molar-refractivity contribution is 6.30. The first kappa shape index (κ1) is 21.9. The first-order valence-electron chi connectivity index (χ1n) is 9.75. The van der Waals surface area contributed by atoms with Gasteiger partial charge in [0.25, 0.3) is 0 Å². The second kappa shape index (κ2) is 10.3. The topological polar surface area (TPSA) is 75.0 Å². The summed E-state index contributed by atoms with van der Waals surface area (Å²) >= 11 is 5.98. The maximum atomic E-state index is 13.2. The largest absolute Gasteiger partial charge is 0.474 e. The molecule has 7 heteroatoms. The van der Waals surface area contributed by atoms with Gasteiger partial charge in [-0.05, 0) is 55.3 Å². The van der Waals surface area contributed by atoms with Crippen molar-refractivity contribution in [2.75, 3.05) is 26.4 Å². The molecule has 3 aromatic rings. The van der Waals surface area contributed by atoms with Crippen LogP contribution < -0.4 is 10.2 Å². The number of hydrogen-bond acceptors (Lipinski definition) is 6. The summed E-state index contributed by atoms with van der Waals surface area (Å²) < 4.78 is 21.8. The summed E-state index contributed by atoms with van der Waals surface area (Å²) in [5.41, 5.74) is 1.69.